The van der Waals surface area contributed by atoms with Gasteiger partial charge in [-0.2, -0.15) is 0 Å². The molecule has 0 saturated carbocycles. The van der Waals surface area contributed by atoms with Crippen molar-refractivity contribution >= 4 is 29.7 Å². The Hall–Kier alpha value is -2.85. The minimum Gasteiger partial charge on any atom is -0.481 e. The molecule has 1 saturated heterocycles. The van der Waals surface area contributed by atoms with Crippen LogP contribution in [0.15, 0.2) is 0 Å². The van der Waals surface area contributed by atoms with Crippen LogP contribution in [0.25, 0.3) is 0 Å². The van der Waals surface area contributed by atoms with Crippen molar-refractivity contribution in [3.05, 3.63) is 0 Å². The molecule has 8 atom stereocenters. The first kappa shape index (κ1) is 28.4. The van der Waals surface area contributed by atoms with Crippen LogP contribution in [0, 0.1) is 0 Å². The molecule has 1 aliphatic rings. The number of amides is 3. The van der Waals surface area contributed by atoms with Gasteiger partial charge in [0, 0.05) is 21.7 Å². The summed E-state index contributed by atoms with van der Waals surface area (Å²) in [6.07, 6.45) is -8.21. The Bertz CT molecular complexity index is 831. The van der Waals surface area contributed by atoms with E-state index in [4.69, 9.17) is 32.5 Å². The number of aliphatic hydroxyl groups excluding tert-OH is 2. The second-order valence-electron chi connectivity index (χ2n) is 8.16. The van der Waals surface area contributed by atoms with Crippen LogP contribution in [-0.2, 0) is 33.4 Å². The van der Waals surface area contributed by atoms with Gasteiger partial charge in [-0.25, -0.2) is 4.79 Å². The number of nitrogens with zero attached hydrogens (tertiary/aromatic N) is 2. The van der Waals surface area contributed by atoms with Crippen LogP contribution in [0.3, 0.4) is 0 Å². The van der Waals surface area contributed by atoms with Gasteiger partial charge in [-0.3, -0.25) is 19.2 Å². The molecular formula is C20H34N4O11. The van der Waals surface area contributed by atoms with E-state index in [1.165, 1.54) is 13.8 Å². The third kappa shape index (κ3) is 7.32. The molecule has 0 aliphatic carbocycles. The highest BCUT2D eigenvalue weighted by Gasteiger charge is 2.49. The Morgan fingerprint density at radius 3 is 2.23 bits per heavy atom. The normalized spacial score (nSPS) is 27.1. The lowest BCUT2D eigenvalue weighted by Gasteiger charge is -2.48. The van der Waals surface area contributed by atoms with Gasteiger partial charge in [-0.15, -0.1) is 0 Å². The summed E-state index contributed by atoms with van der Waals surface area (Å²) in [5.74, 6) is -5.39. The van der Waals surface area contributed by atoms with E-state index in [0.29, 0.717) is 4.90 Å². The second-order valence-corrected chi connectivity index (χ2v) is 8.16. The molecule has 1 fully saturated rings. The zero-order valence-electron chi connectivity index (χ0n) is 20.6. The van der Waals surface area contributed by atoms with Crippen molar-refractivity contribution < 1.29 is 55.2 Å². The van der Waals surface area contributed by atoms with Gasteiger partial charge in [-0.05, 0) is 20.3 Å². The maximum atomic E-state index is 13.3. The van der Waals surface area contributed by atoms with E-state index in [0.717, 1.165) is 11.8 Å². The van der Waals surface area contributed by atoms with Gasteiger partial charge in [-0.1, -0.05) is 0 Å². The first-order valence-electron chi connectivity index (χ1n) is 11.4. The van der Waals surface area contributed by atoms with E-state index >= 15 is 0 Å². The summed E-state index contributed by atoms with van der Waals surface area (Å²) >= 11 is 0. The van der Waals surface area contributed by atoms with Gasteiger partial charge in [0.1, 0.15) is 30.4 Å². The van der Waals surface area contributed by atoms with Gasteiger partial charge in [0.05, 0.1) is 12.6 Å². The van der Waals surface area contributed by atoms with Crippen LogP contribution in [0.2, 0.25) is 0 Å². The summed E-state index contributed by atoms with van der Waals surface area (Å²) in [5, 5.41) is 38.2. The first-order chi connectivity index (χ1) is 16.7. The number of carbonyl (C=O) groups excluding carboxylic acids is 3. The summed E-state index contributed by atoms with van der Waals surface area (Å²) in [6.45, 7) is 2.72. The van der Waals surface area contributed by atoms with Gasteiger partial charge in [0.15, 0.2) is 12.3 Å². The predicted molar refractivity (Wildman–Crippen MR) is 116 cm³/mol. The van der Waals surface area contributed by atoms with E-state index < -0.39 is 98.5 Å². The molecule has 0 radical (unpaired) electrons. The minimum atomic E-state index is -1.58. The van der Waals surface area contributed by atoms with Gasteiger partial charge < -0.3 is 51.2 Å². The molecule has 8 N–H and O–H groups in total. The average Bonchev–Trinajstić information content (AvgIpc) is 2.79. The monoisotopic (exact) mass is 507 g/mol. The summed E-state index contributed by atoms with van der Waals surface area (Å²) in [6, 6.07) is -4.29. The van der Waals surface area contributed by atoms with Crippen LogP contribution in [0.5, 0.6) is 0 Å². The third-order valence-electron chi connectivity index (χ3n) is 5.66. The maximum absolute atomic E-state index is 13.3. The fourth-order valence-corrected chi connectivity index (χ4v) is 3.72. The number of aliphatic carboxylic acids is 2. The number of rotatable bonds is 12. The Morgan fingerprint density at radius 2 is 1.80 bits per heavy atom. The number of carboxylic acid groups (broad SMARTS) is 2. The molecular weight excluding hydrogens is 472 g/mol. The number of ether oxygens (including phenoxy) is 2. The highest BCUT2D eigenvalue weighted by Crippen LogP contribution is 2.27. The summed E-state index contributed by atoms with van der Waals surface area (Å²) in [5.41, 5.74) is 11.5. The number of nitrogens with two attached hydrogens (primary N) is 2. The number of carbonyl (C=O) groups is 5. The van der Waals surface area contributed by atoms with E-state index in [-0.39, 0.29) is 6.42 Å². The van der Waals surface area contributed by atoms with E-state index in [9.17, 15) is 34.2 Å². The molecule has 0 bridgehead atoms. The highest BCUT2D eigenvalue weighted by atomic mass is 16.6. The van der Waals surface area contributed by atoms with Crippen LogP contribution < -0.4 is 11.5 Å². The fourth-order valence-electron chi connectivity index (χ4n) is 3.72. The molecule has 1 heterocycles. The summed E-state index contributed by atoms with van der Waals surface area (Å²) in [7, 11) is -0.792. The molecule has 15 heteroatoms. The number of hydrogen-bond acceptors (Lipinski definition) is 10. The Kier molecular flexibility index (Phi) is 10.3. The zero-order chi connectivity index (χ0) is 27.9. The zero-order valence-corrected chi connectivity index (χ0v) is 19.6. The largest absolute Gasteiger partial charge is 0.481 e. The highest BCUT2D eigenvalue weighted by molar-refractivity contribution is 5.91. The molecule has 1 rings (SSSR count). The number of primary amides is 1. The SMILES string of the molecule is [2H]CN(C(=O)[C@H](C)N(C(C)=O)C1O[C@H](CO)[C@@H](O)[C@H](O[C@H](C)C(=O)O)[C@H]1N)[C@@H](CCC(=O)O)C(N)=O. The van der Waals surface area contributed by atoms with Crippen LogP contribution >= 0.6 is 0 Å². The fraction of sp³-hybridized carbons (Fsp3) is 0.750. The topological polar surface area (TPSA) is 243 Å². The quantitative estimate of drug-likeness (QED) is 0.152. The first-order valence-corrected chi connectivity index (χ1v) is 10.7. The van der Waals surface area contributed by atoms with Crippen molar-refractivity contribution in [2.75, 3.05) is 13.6 Å². The van der Waals surface area contributed by atoms with Crippen molar-refractivity contribution in [3.63, 3.8) is 0 Å². The average molecular weight is 508 g/mol. The molecule has 0 aromatic heterocycles. The molecule has 0 aromatic rings. The third-order valence-corrected chi connectivity index (χ3v) is 5.66. The predicted octanol–water partition coefficient (Wildman–Crippen LogP) is -3.34. The lowest BCUT2D eigenvalue weighted by atomic mass is 9.94. The maximum Gasteiger partial charge on any atom is 0.332 e. The lowest BCUT2D eigenvalue weighted by molar-refractivity contribution is -0.245. The molecule has 0 spiro atoms. The number of aliphatic hydroxyl groups is 2. The van der Waals surface area contributed by atoms with Gasteiger partial charge in [0.25, 0.3) is 0 Å². The Morgan fingerprint density at radius 1 is 1.20 bits per heavy atom. The number of hydrogen-bond donors (Lipinski definition) is 6. The lowest BCUT2D eigenvalue weighted by Crippen LogP contribution is -2.70. The molecule has 35 heavy (non-hydrogen) atoms. The smallest absolute Gasteiger partial charge is 0.332 e. The molecule has 15 nitrogen and oxygen atoms in total. The van der Waals surface area contributed by atoms with Crippen molar-refractivity contribution in [2.45, 2.75) is 82.4 Å². The van der Waals surface area contributed by atoms with Crippen molar-refractivity contribution in [2.24, 2.45) is 11.5 Å². The number of likely N-dealkylation sites (N-methyl/N-ethyl adjacent to an activating group) is 1. The Balaban J connectivity index is 3.34. The number of carboxylic acids is 2. The molecule has 0 aromatic carbocycles. The summed E-state index contributed by atoms with van der Waals surface area (Å²) < 4.78 is 18.7. The van der Waals surface area contributed by atoms with Gasteiger partial charge >= 0.3 is 11.9 Å². The van der Waals surface area contributed by atoms with Crippen LogP contribution in [-0.4, -0.2) is 122 Å². The standard InChI is InChI=1S/C20H34N4O11/c1-8(18(31)23(4)11(17(22)30)5-6-13(27)28)24(10(3)26)19-14(21)16(34-9(2)20(32)33)15(29)12(7-25)35-19/h8-9,11-12,14-16,19,25,29H,5-7,21H2,1-4H3,(H2,22,30)(H,27,28)(H,32,33)/t8-,9+,11-,12+,14+,15+,16+,19?/m0/s1/i4D. The molecule has 1 unspecified atom stereocenters. The summed E-state index contributed by atoms with van der Waals surface area (Å²) in [4.78, 5) is 61.6. The van der Waals surface area contributed by atoms with Crippen molar-refractivity contribution in [1.82, 2.24) is 9.80 Å². The van der Waals surface area contributed by atoms with E-state index in [1.807, 2.05) is 0 Å². The van der Waals surface area contributed by atoms with Gasteiger partial charge in [0.2, 0.25) is 17.7 Å². The molecule has 200 valence electrons. The molecule has 3 amide bonds. The van der Waals surface area contributed by atoms with Crippen molar-refractivity contribution in [3.8, 4) is 0 Å². The van der Waals surface area contributed by atoms with E-state index in [2.05, 4.69) is 0 Å². The Labute approximate surface area is 202 Å². The minimum absolute atomic E-state index is 0.372. The second kappa shape index (κ2) is 12.7. The van der Waals surface area contributed by atoms with E-state index in [1.54, 1.807) is 0 Å². The molecule has 1 aliphatic heterocycles. The van der Waals surface area contributed by atoms with Crippen LogP contribution in [0.1, 0.15) is 35.0 Å². The van der Waals surface area contributed by atoms with Crippen molar-refractivity contribution in [1.29, 1.82) is 0 Å². The van der Waals surface area contributed by atoms with Crippen LogP contribution in [0.4, 0.5) is 0 Å².